The third kappa shape index (κ3) is 4.15. The molecule has 7 heteroatoms. The molecule has 2 heterocycles. The zero-order chi connectivity index (χ0) is 23.7. The van der Waals surface area contributed by atoms with Gasteiger partial charge in [0.05, 0.1) is 18.2 Å². The van der Waals surface area contributed by atoms with Crippen molar-refractivity contribution in [2.45, 2.75) is 19.3 Å². The smallest absolute Gasteiger partial charge is 0.338 e. The molecule has 34 heavy (non-hydrogen) atoms. The fraction of sp³-hybridized carbons (Fsp3) is 0.444. The summed E-state index contributed by atoms with van der Waals surface area (Å²) >= 11 is 0. The van der Waals surface area contributed by atoms with Crippen molar-refractivity contribution in [3.05, 3.63) is 65.7 Å². The summed E-state index contributed by atoms with van der Waals surface area (Å²) in [4.78, 5) is 44.6. The molecule has 178 valence electrons. The van der Waals surface area contributed by atoms with Gasteiger partial charge in [-0.25, -0.2) is 4.79 Å². The van der Waals surface area contributed by atoms with Crippen LogP contribution in [0.5, 0.6) is 0 Å². The number of hydrogen-bond donors (Lipinski definition) is 0. The van der Waals surface area contributed by atoms with Crippen LogP contribution >= 0.6 is 0 Å². The molecule has 0 unspecified atom stereocenters. The number of para-hydroxylation sites is 1. The van der Waals surface area contributed by atoms with E-state index in [1.807, 2.05) is 28.0 Å². The van der Waals surface area contributed by atoms with E-state index in [-0.39, 0.29) is 23.1 Å². The third-order valence-corrected chi connectivity index (χ3v) is 7.81. The number of piperazine rings is 1. The van der Waals surface area contributed by atoms with Crippen molar-refractivity contribution < 1.29 is 19.1 Å². The van der Waals surface area contributed by atoms with Crippen LogP contribution in [-0.2, 0) is 9.53 Å². The first-order chi connectivity index (χ1) is 16.5. The van der Waals surface area contributed by atoms with Gasteiger partial charge < -0.3 is 19.4 Å². The first kappa shape index (κ1) is 22.4. The van der Waals surface area contributed by atoms with Gasteiger partial charge in [-0.2, -0.15) is 0 Å². The Morgan fingerprint density at radius 1 is 0.794 bits per heavy atom. The molecule has 1 spiro atoms. The Bertz CT molecular complexity index is 1070. The van der Waals surface area contributed by atoms with Gasteiger partial charge >= 0.3 is 5.97 Å². The Balaban J connectivity index is 1.15. The Labute approximate surface area is 200 Å². The average molecular weight is 462 g/mol. The lowest BCUT2D eigenvalue weighted by Crippen LogP contribution is -2.50. The number of ether oxygens (including phenoxy) is 1. The number of rotatable bonds is 4. The van der Waals surface area contributed by atoms with Crippen molar-refractivity contribution in [1.82, 2.24) is 9.80 Å². The fourth-order valence-electron chi connectivity index (χ4n) is 5.58. The normalized spacial score (nSPS) is 21.3. The second-order valence-corrected chi connectivity index (χ2v) is 9.60. The Hall–Kier alpha value is -3.35. The number of benzene rings is 2. The molecule has 0 aromatic heterocycles. The molecule has 1 atom stereocenters. The monoisotopic (exact) mass is 461 g/mol. The van der Waals surface area contributed by atoms with E-state index in [0.29, 0.717) is 24.2 Å². The molecular weight excluding hydrogens is 430 g/mol. The number of esters is 1. The van der Waals surface area contributed by atoms with Crippen LogP contribution in [0.15, 0.2) is 54.6 Å². The van der Waals surface area contributed by atoms with Crippen LogP contribution in [0.2, 0.25) is 0 Å². The molecule has 1 aliphatic carbocycles. The van der Waals surface area contributed by atoms with E-state index in [9.17, 15) is 14.4 Å². The predicted molar refractivity (Wildman–Crippen MR) is 129 cm³/mol. The second-order valence-electron chi connectivity index (χ2n) is 9.60. The molecule has 0 bridgehead atoms. The number of carbonyl (C=O) groups is 3. The van der Waals surface area contributed by atoms with E-state index in [4.69, 9.17) is 4.74 Å². The van der Waals surface area contributed by atoms with Gasteiger partial charge in [0.25, 0.3) is 5.91 Å². The molecule has 2 aromatic rings. The lowest BCUT2D eigenvalue weighted by molar-refractivity contribution is -0.134. The lowest BCUT2D eigenvalue weighted by Gasteiger charge is -2.37. The number of piperidine rings is 1. The SMILES string of the molecule is COC(=O)c1ccccc1C(=O)N1CCC2(CC1)C[C@@H]2C(=O)N1CCN(c2ccccc2)CC1. The number of hydrogen-bond acceptors (Lipinski definition) is 5. The number of methoxy groups -OCH3 is 1. The summed E-state index contributed by atoms with van der Waals surface area (Å²) in [5.41, 5.74) is 1.92. The number of likely N-dealkylation sites (tertiary alicyclic amines) is 1. The van der Waals surface area contributed by atoms with Crippen molar-refractivity contribution in [3.63, 3.8) is 0 Å². The average Bonchev–Trinajstić information content (AvgIpc) is 3.61. The van der Waals surface area contributed by atoms with E-state index < -0.39 is 5.97 Å². The van der Waals surface area contributed by atoms with Gasteiger partial charge in [0.15, 0.2) is 0 Å². The van der Waals surface area contributed by atoms with Crippen LogP contribution in [0.25, 0.3) is 0 Å². The Morgan fingerprint density at radius 3 is 2.06 bits per heavy atom. The largest absolute Gasteiger partial charge is 0.465 e. The predicted octanol–water partition coefficient (Wildman–Crippen LogP) is 3.06. The van der Waals surface area contributed by atoms with Crippen LogP contribution in [0.4, 0.5) is 5.69 Å². The highest BCUT2D eigenvalue weighted by Gasteiger charge is 2.59. The van der Waals surface area contributed by atoms with Gasteiger partial charge in [-0.3, -0.25) is 9.59 Å². The first-order valence-electron chi connectivity index (χ1n) is 12.1. The molecule has 1 saturated carbocycles. The second kappa shape index (κ2) is 9.12. The van der Waals surface area contributed by atoms with Gasteiger partial charge in [-0.05, 0) is 48.9 Å². The zero-order valence-electron chi connectivity index (χ0n) is 19.6. The molecule has 2 saturated heterocycles. The summed E-state index contributed by atoms with van der Waals surface area (Å²) < 4.78 is 4.83. The molecule has 2 aromatic carbocycles. The summed E-state index contributed by atoms with van der Waals surface area (Å²) in [6, 6.07) is 17.1. The van der Waals surface area contributed by atoms with E-state index in [1.54, 1.807) is 24.3 Å². The van der Waals surface area contributed by atoms with E-state index in [1.165, 1.54) is 12.8 Å². The summed E-state index contributed by atoms with van der Waals surface area (Å²) in [6.07, 6.45) is 2.59. The summed E-state index contributed by atoms with van der Waals surface area (Å²) in [5, 5.41) is 0. The number of carbonyl (C=O) groups excluding carboxylic acids is 3. The maximum absolute atomic E-state index is 13.2. The maximum Gasteiger partial charge on any atom is 0.338 e. The number of anilines is 1. The molecule has 2 amide bonds. The highest BCUT2D eigenvalue weighted by atomic mass is 16.5. The molecule has 0 N–H and O–H groups in total. The van der Waals surface area contributed by atoms with Gasteiger partial charge in [-0.15, -0.1) is 0 Å². The molecular formula is C27H31N3O4. The summed E-state index contributed by atoms with van der Waals surface area (Å²) in [7, 11) is 1.32. The topological polar surface area (TPSA) is 70.2 Å². The van der Waals surface area contributed by atoms with Crippen LogP contribution in [-0.4, -0.2) is 74.0 Å². The van der Waals surface area contributed by atoms with Crippen LogP contribution in [0.1, 0.15) is 40.0 Å². The van der Waals surface area contributed by atoms with Gasteiger partial charge in [0, 0.05) is 50.9 Å². The minimum absolute atomic E-state index is 0.0340. The van der Waals surface area contributed by atoms with Crippen molar-refractivity contribution in [1.29, 1.82) is 0 Å². The van der Waals surface area contributed by atoms with Crippen LogP contribution in [0, 0.1) is 11.3 Å². The molecule has 3 aliphatic rings. The van der Waals surface area contributed by atoms with Crippen LogP contribution in [0.3, 0.4) is 0 Å². The highest BCUT2D eigenvalue weighted by molar-refractivity contribution is 6.05. The minimum atomic E-state index is -0.502. The molecule has 2 aliphatic heterocycles. The van der Waals surface area contributed by atoms with Crippen molar-refractivity contribution in [2.24, 2.45) is 11.3 Å². The fourth-order valence-corrected chi connectivity index (χ4v) is 5.58. The van der Waals surface area contributed by atoms with E-state index in [0.717, 1.165) is 45.4 Å². The van der Waals surface area contributed by atoms with Gasteiger partial charge in [0.1, 0.15) is 0 Å². The third-order valence-electron chi connectivity index (χ3n) is 7.81. The standard InChI is InChI=1S/C27H31N3O4/c1-34-26(33)22-10-6-5-9-21(22)24(31)29-13-11-27(12-14-29)19-23(27)25(32)30-17-15-28(16-18-30)20-7-3-2-4-8-20/h2-10,23H,11-19H2,1H3/t23-/m1/s1. The van der Waals surface area contributed by atoms with Crippen LogP contribution < -0.4 is 4.90 Å². The maximum atomic E-state index is 13.2. The number of nitrogens with zero attached hydrogens (tertiary/aromatic N) is 3. The zero-order valence-corrected chi connectivity index (χ0v) is 19.6. The van der Waals surface area contributed by atoms with E-state index in [2.05, 4.69) is 17.0 Å². The van der Waals surface area contributed by atoms with Gasteiger partial charge in [-0.1, -0.05) is 30.3 Å². The van der Waals surface area contributed by atoms with Crippen molar-refractivity contribution in [3.8, 4) is 0 Å². The molecule has 7 nitrogen and oxygen atoms in total. The van der Waals surface area contributed by atoms with E-state index >= 15 is 0 Å². The number of amides is 2. The van der Waals surface area contributed by atoms with Crippen molar-refractivity contribution >= 4 is 23.5 Å². The summed E-state index contributed by atoms with van der Waals surface area (Å²) in [5.74, 6) is -0.284. The minimum Gasteiger partial charge on any atom is -0.465 e. The Kier molecular flexibility index (Phi) is 6.02. The molecule has 3 fully saturated rings. The molecule has 5 rings (SSSR count). The van der Waals surface area contributed by atoms with Gasteiger partial charge in [0.2, 0.25) is 5.91 Å². The quantitative estimate of drug-likeness (QED) is 0.655. The lowest BCUT2D eigenvalue weighted by atomic mass is 9.90. The molecule has 0 radical (unpaired) electrons. The van der Waals surface area contributed by atoms with Crippen molar-refractivity contribution in [2.75, 3.05) is 51.3 Å². The Morgan fingerprint density at radius 2 is 1.41 bits per heavy atom. The highest BCUT2D eigenvalue weighted by Crippen LogP contribution is 2.60. The summed E-state index contributed by atoms with van der Waals surface area (Å²) in [6.45, 7) is 4.46. The first-order valence-corrected chi connectivity index (χ1v) is 12.1.